The molecule has 4 aliphatic rings. The molecule has 0 unspecified atom stereocenters. The minimum atomic E-state index is -1.84. The number of hydrazine groups is 1. The first-order valence-electron chi connectivity index (χ1n) is 25.1. The molecule has 3 aromatic carbocycles. The molecule has 15 heteroatoms. The van der Waals surface area contributed by atoms with Gasteiger partial charge in [-0.15, -0.1) is 6.58 Å². The minimum absolute atomic E-state index is 0.0335. The normalized spacial score (nSPS) is 22.3. The lowest BCUT2D eigenvalue weighted by Crippen LogP contribution is -2.68. The smallest absolute Gasteiger partial charge is 0.324 e. The second-order valence-corrected chi connectivity index (χ2v) is 20.5. The first-order valence-corrected chi connectivity index (χ1v) is 25.1. The van der Waals surface area contributed by atoms with Crippen molar-refractivity contribution in [1.82, 2.24) is 30.1 Å². The number of carbonyl (C=O) groups is 5. The number of nitrogens with one attached hydrogen (secondary N) is 2. The molecule has 4 amide bonds. The van der Waals surface area contributed by atoms with Gasteiger partial charge in [0, 0.05) is 81.9 Å². The van der Waals surface area contributed by atoms with Crippen LogP contribution in [-0.2, 0) is 64.0 Å². The highest BCUT2D eigenvalue weighted by atomic mass is 16.5. The Morgan fingerprint density at radius 3 is 2.51 bits per heavy atom. The van der Waals surface area contributed by atoms with Crippen molar-refractivity contribution in [2.45, 2.75) is 96.3 Å². The van der Waals surface area contributed by atoms with Crippen molar-refractivity contribution in [3.63, 3.8) is 0 Å². The number of nitrogens with zero attached hydrogens (tertiary/aromatic N) is 4. The number of aryl methyl sites for hydroxylation is 1. The fraction of sp³-hybridized carbons (Fsp3) is 0.482. The Morgan fingerprint density at radius 2 is 1.77 bits per heavy atom. The molecule has 0 spiro atoms. The first-order chi connectivity index (χ1) is 34.1. The zero-order valence-corrected chi connectivity index (χ0v) is 42.0. The van der Waals surface area contributed by atoms with E-state index in [4.69, 9.17) is 14.2 Å². The molecule has 15 nitrogen and oxygen atoms in total. The zero-order chi connectivity index (χ0) is 50.6. The van der Waals surface area contributed by atoms with E-state index in [0.717, 1.165) is 45.3 Å². The van der Waals surface area contributed by atoms with Gasteiger partial charge in [-0.1, -0.05) is 62.9 Å². The van der Waals surface area contributed by atoms with Crippen LogP contribution in [0.15, 0.2) is 86.0 Å². The van der Waals surface area contributed by atoms with Crippen LogP contribution in [0.25, 0.3) is 33.3 Å². The molecule has 378 valence electrons. The maximum absolute atomic E-state index is 15.4. The third kappa shape index (κ3) is 10.7. The van der Waals surface area contributed by atoms with Gasteiger partial charge in [-0.2, -0.15) is 0 Å². The van der Waals surface area contributed by atoms with Crippen molar-refractivity contribution in [1.29, 1.82) is 0 Å². The Kier molecular flexibility index (Phi) is 15.5. The van der Waals surface area contributed by atoms with Crippen LogP contribution in [0.1, 0.15) is 69.6 Å². The fourth-order valence-electron chi connectivity index (χ4n) is 11.2. The maximum atomic E-state index is 15.4. The van der Waals surface area contributed by atoms with E-state index >= 15 is 9.59 Å². The van der Waals surface area contributed by atoms with Gasteiger partial charge in [-0.25, -0.2) is 5.43 Å². The average Bonchev–Trinajstić information content (AvgIpc) is 3.99. The summed E-state index contributed by atoms with van der Waals surface area (Å²) in [6, 6.07) is 18.0. The maximum Gasteiger partial charge on any atom is 0.324 e. The molecule has 4 aliphatic heterocycles. The van der Waals surface area contributed by atoms with Gasteiger partial charge in [0.15, 0.2) is 0 Å². The third-order valence-electron chi connectivity index (χ3n) is 14.9. The van der Waals surface area contributed by atoms with Crippen LogP contribution in [0.3, 0.4) is 0 Å². The number of likely N-dealkylation sites (tertiary alicyclic amines) is 1. The number of fused-ring (bicyclic) bond motifs is 6. The number of hydrogen-bond acceptors (Lipinski definition) is 10. The van der Waals surface area contributed by atoms with E-state index < -0.39 is 46.7 Å². The van der Waals surface area contributed by atoms with Gasteiger partial charge in [0.05, 0.1) is 24.8 Å². The number of aromatic nitrogens is 1. The van der Waals surface area contributed by atoms with Crippen LogP contribution in [0, 0.1) is 17.3 Å². The number of hydrogen-bond donors (Lipinski definition) is 3. The van der Waals surface area contributed by atoms with Gasteiger partial charge < -0.3 is 39.0 Å². The molecule has 5 heterocycles. The van der Waals surface area contributed by atoms with E-state index in [2.05, 4.69) is 79.6 Å². The van der Waals surface area contributed by atoms with E-state index in [1.54, 1.807) is 31.2 Å². The van der Waals surface area contributed by atoms with Gasteiger partial charge in [0.2, 0.25) is 17.7 Å². The molecule has 3 N–H and O–H groups in total. The van der Waals surface area contributed by atoms with Crippen LogP contribution in [0.4, 0.5) is 0 Å². The Morgan fingerprint density at radius 1 is 1.00 bits per heavy atom. The van der Waals surface area contributed by atoms with E-state index in [9.17, 15) is 19.5 Å². The molecule has 71 heavy (non-hydrogen) atoms. The Bertz CT molecular complexity index is 2690. The average molecular weight is 971 g/mol. The zero-order valence-electron chi connectivity index (χ0n) is 42.0. The molecule has 3 fully saturated rings. The predicted octanol–water partition coefficient (Wildman–Crippen LogP) is 6.38. The number of methoxy groups -OCH3 is 1. The third-order valence-corrected chi connectivity index (χ3v) is 14.9. The van der Waals surface area contributed by atoms with E-state index in [0.29, 0.717) is 82.6 Å². The largest absolute Gasteiger partial charge is 0.508 e. The fourth-order valence-corrected chi connectivity index (χ4v) is 11.2. The van der Waals surface area contributed by atoms with E-state index in [1.807, 2.05) is 18.2 Å². The lowest BCUT2D eigenvalue weighted by Gasteiger charge is -2.42. The summed E-state index contributed by atoms with van der Waals surface area (Å²) in [7, 11) is 3.32. The minimum Gasteiger partial charge on any atom is -0.508 e. The summed E-state index contributed by atoms with van der Waals surface area (Å²) >= 11 is 0. The molecule has 1 aromatic heterocycles. The second-order valence-electron chi connectivity index (χ2n) is 20.5. The van der Waals surface area contributed by atoms with Crippen LogP contribution in [0.2, 0.25) is 0 Å². The lowest BCUT2D eigenvalue weighted by molar-refractivity contribution is -0.157. The van der Waals surface area contributed by atoms with Crippen LogP contribution >= 0.6 is 0 Å². The SMILES string of the molecule is C=CC(=O)N1CC[C@H](C(=O)N(C)[C@H](C(=O)N[C@@]2(C=C)Cc3cc(O)cc(c3)-c3ccc4c(c3)c(c(-c3ccccc3CCOC)n4CC)CC(C)(C)COC(=O)[C@@H]3CCCN(N3)C2=O)C2CCOCC2)C1. The van der Waals surface area contributed by atoms with E-state index in [-0.39, 0.29) is 49.6 Å². The van der Waals surface area contributed by atoms with E-state index in [1.165, 1.54) is 22.1 Å². The quantitative estimate of drug-likeness (QED) is 0.0822. The molecular formula is C56H70N6O9. The molecule has 0 radical (unpaired) electrons. The van der Waals surface area contributed by atoms with Crippen LogP contribution in [0.5, 0.6) is 5.75 Å². The molecule has 4 aromatic rings. The lowest BCUT2D eigenvalue weighted by atomic mass is 9.83. The predicted molar refractivity (Wildman–Crippen MR) is 272 cm³/mol. The monoisotopic (exact) mass is 971 g/mol. The summed E-state index contributed by atoms with van der Waals surface area (Å²) in [6.07, 6.45) is 6.12. The number of phenols is 1. The summed E-state index contributed by atoms with van der Waals surface area (Å²) < 4.78 is 19.8. The summed E-state index contributed by atoms with van der Waals surface area (Å²) in [5.41, 5.74) is 8.34. The number of amides is 4. The summed E-state index contributed by atoms with van der Waals surface area (Å²) in [6.45, 7) is 17.1. The van der Waals surface area contributed by atoms with Gasteiger partial charge in [0.1, 0.15) is 23.4 Å². The van der Waals surface area contributed by atoms with Crippen molar-refractivity contribution in [2.75, 3.05) is 60.2 Å². The van der Waals surface area contributed by atoms with Crippen molar-refractivity contribution < 1.29 is 43.3 Å². The van der Waals surface area contributed by atoms with Crippen LogP contribution < -0.4 is 10.7 Å². The molecule has 4 atom stereocenters. The molecule has 8 rings (SSSR count). The number of esters is 1. The number of aromatic hydroxyl groups is 1. The number of likely N-dealkylation sites (N-methyl/N-ethyl adjacent to an activating group) is 1. The highest BCUT2D eigenvalue weighted by Gasteiger charge is 2.47. The number of carbonyl (C=O) groups excluding carboxylic acids is 5. The van der Waals surface area contributed by atoms with Crippen LogP contribution in [-0.4, -0.2) is 132 Å². The standard InChI is InChI=1S/C56H70N6O9/c1-8-48(64)60-24-19-40(34-60)52(66)59(6)49(38-21-26-70-27-22-38)51(65)57-56(9-2)32-36-28-41(30-42(63)29-36)39-17-18-47-44(31-39)45(50(61(47)10-3)43-15-12-11-14-37(43)20-25-69-7)33-55(4,5)35-71-53(67)46-16-13-23-62(58-46)54(56)68/h8-9,11-12,14-15,17-18,28-31,38,40,46,49,58,63H,1-2,10,13,16,19-27,32-35H2,3-7H3,(H,57,65)/t40-,46-,49-,56-/m0/s1. The van der Waals surface area contributed by atoms with Crippen molar-refractivity contribution in [2.24, 2.45) is 17.3 Å². The molecule has 0 aliphatic carbocycles. The number of ether oxygens (including phenoxy) is 3. The summed E-state index contributed by atoms with van der Waals surface area (Å²) in [4.78, 5) is 74.7. The van der Waals surface area contributed by atoms with Gasteiger partial charge in [-0.3, -0.25) is 29.0 Å². The van der Waals surface area contributed by atoms with Gasteiger partial charge in [0.25, 0.3) is 5.91 Å². The first kappa shape index (κ1) is 51.1. The number of phenolic OH excluding ortho intramolecular Hbond substituents is 1. The van der Waals surface area contributed by atoms with Gasteiger partial charge in [-0.05, 0) is 116 Å². The summed E-state index contributed by atoms with van der Waals surface area (Å²) in [5, 5.41) is 17.1. The number of cyclic esters (lactones) is 1. The molecule has 3 saturated heterocycles. The molecule has 0 saturated carbocycles. The molecular weight excluding hydrogens is 901 g/mol. The van der Waals surface area contributed by atoms with Gasteiger partial charge >= 0.3 is 5.97 Å². The Hall–Kier alpha value is -6.29. The topological polar surface area (TPSA) is 172 Å². The van der Waals surface area contributed by atoms with Crippen molar-refractivity contribution >= 4 is 40.5 Å². The Labute approximate surface area is 417 Å². The van der Waals surface area contributed by atoms with Crippen molar-refractivity contribution in [3.8, 4) is 28.1 Å². The Balaban J connectivity index is 1.24. The number of rotatable bonds is 12. The van der Waals surface area contributed by atoms with Crippen molar-refractivity contribution in [3.05, 3.63) is 103 Å². The highest BCUT2D eigenvalue weighted by Crippen LogP contribution is 2.42. The summed E-state index contributed by atoms with van der Waals surface area (Å²) in [5.74, 6) is -3.04. The second kappa shape index (κ2) is 21.6. The highest BCUT2D eigenvalue weighted by molar-refractivity contribution is 5.98. The molecule has 6 bridgehead atoms. The number of benzene rings is 3.